The van der Waals surface area contributed by atoms with Crippen molar-refractivity contribution in [1.82, 2.24) is 0 Å². The summed E-state index contributed by atoms with van der Waals surface area (Å²) in [4.78, 5) is 13.7. The number of ether oxygens (including phenoxy) is 2. The van der Waals surface area contributed by atoms with Gasteiger partial charge in [0.25, 0.3) is 0 Å². The Bertz CT molecular complexity index is 756. The minimum absolute atomic E-state index is 0.0317. The topological polar surface area (TPSA) is 68.6 Å². The molecule has 1 aliphatic carbocycles. The predicted octanol–water partition coefficient (Wildman–Crippen LogP) is 6.71. The fraction of sp³-hybridized carbons (Fsp3) is 0.778. The number of hydrogen-bond acceptors (Lipinski definition) is 5. The lowest BCUT2D eigenvalue weighted by Crippen LogP contribution is -2.47. The molecule has 186 valence electrons. The number of carbonyl (C=O) groups is 1. The van der Waals surface area contributed by atoms with Crippen molar-refractivity contribution in [1.29, 1.82) is 5.26 Å². The molecule has 2 aliphatic rings. The van der Waals surface area contributed by atoms with E-state index in [1.54, 1.807) is 0 Å². The summed E-state index contributed by atoms with van der Waals surface area (Å²) in [7, 11) is -1.83. The Balaban J connectivity index is 2.49. The molecule has 0 aromatic heterocycles. The Labute approximate surface area is 202 Å². The lowest BCUT2D eigenvalue weighted by Gasteiger charge is -2.46. The fourth-order valence-electron chi connectivity index (χ4n) is 5.78. The molecule has 0 spiro atoms. The number of hydrogen-bond donors (Lipinski definition) is 0. The third-order valence-corrected chi connectivity index (χ3v) is 12.9. The van der Waals surface area contributed by atoms with E-state index in [0.717, 1.165) is 31.0 Å². The van der Waals surface area contributed by atoms with Crippen LogP contribution in [-0.2, 0) is 18.7 Å². The fourth-order valence-corrected chi connectivity index (χ4v) is 8.41. The Hall–Kier alpha value is -1.26. The molecule has 1 saturated heterocycles. The van der Waals surface area contributed by atoms with Crippen molar-refractivity contribution >= 4 is 14.1 Å². The Morgan fingerprint density at radius 2 is 1.97 bits per heavy atom. The maximum atomic E-state index is 13.7. The van der Waals surface area contributed by atoms with E-state index in [0.29, 0.717) is 38.9 Å². The highest BCUT2D eigenvalue weighted by Crippen LogP contribution is 2.51. The smallest absolute Gasteiger partial charge is 0.192 e. The summed E-state index contributed by atoms with van der Waals surface area (Å²) in [5.74, 6) is -0.366. The van der Waals surface area contributed by atoms with Crippen molar-refractivity contribution in [2.24, 2.45) is 11.3 Å². The number of carbonyl (C=O) groups excluding carboxylic acids is 1. The summed E-state index contributed by atoms with van der Waals surface area (Å²) in [6, 6.07) is 5.53. The predicted molar refractivity (Wildman–Crippen MR) is 135 cm³/mol. The zero-order chi connectivity index (χ0) is 24.7. The highest BCUT2D eigenvalue weighted by Gasteiger charge is 2.50. The van der Waals surface area contributed by atoms with Crippen LogP contribution in [0.1, 0.15) is 80.1 Å². The number of Topliss-reactive ketones (excluding diaryl/α,β-unsaturated/α-hetero) is 1. The van der Waals surface area contributed by atoms with Gasteiger partial charge in [-0.3, -0.25) is 4.79 Å². The van der Waals surface area contributed by atoms with Gasteiger partial charge in [-0.05, 0) is 70.2 Å². The molecule has 5 nitrogen and oxygen atoms in total. The van der Waals surface area contributed by atoms with Crippen LogP contribution in [0.4, 0.5) is 0 Å². The first-order chi connectivity index (χ1) is 15.6. The SMILES string of the molecule is C=CCCC(=O)[C@@]1(CCC#N)CCC([C@@H]2COC(C)(C)O2)=C(C)[C@@H]1CO[Si](CC)(CC)CC. The van der Waals surface area contributed by atoms with Gasteiger partial charge in [0.05, 0.1) is 12.7 Å². The summed E-state index contributed by atoms with van der Waals surface area (Å²) < 4.78 is 18.9. The summed E-state index contributed by atoms with van der Waals surface area (Å²) in [5, 5.41) is 9.43. The van der Waals surface area contributed by atoms with Crippen LogP contribution in [0, 0.1) is 22.7 Å². The van der Waals surface area contributed by atoms with E-state index in [1.165, 1.54) is 11.1 Å². The molecule has 0 bridgehead atoms. The molecule has 0 amide bonds. The molecule has 1 fully saturated rings. The molecule has 1 aliphatic heterocycles. The normalized spacial score (nSPS) is 27.4. The van der Waals surface area contributed by atoms with Crippen LogP contribution in [0.2, 0.25) is 18.1 Å². The van der Waals surface area contributed by atoms with E-state index < -0.39 is 19.5 Å². The van der Waals surface area contributed by atoms with E-state index in [2.05, 4.69) is 40.3 Å². The molecule has 0 aromatic carbocycles. The molecule has 6 heteroatoms. The van der Waals surface area contributed by atoms with Crippen molar-refractivity contribution in [3.05, 3.63) is 23.8 Å². The minimum Gasteiger partial charge on any atom is -0.416 e. The number of ketones is 1. The largest absolute Gasteiger partial charge is 0.416 e. The first-order valence-electron chi connectivity index (χ1n) is 12.8. The molecule has 2 rings (SSSR count). The van der Waals surface area contributed by atoms with E-state index in [1.807, 2.05) is 19.9 Å². The second-order valence-corrected chi connectivity index (χ2v) is 15.0. The number of nitrogens with zero attached hydrogens (tertiary/aromatic N) is 1. The van der Waals surface area contributed by atoms with Crippen LogP contribution in [0.15, 0.2) is 23.8 Å². The van der Waals surface area contributed by atoms with Crippen LogP contribution < -0.4 is 0 Å². The lowest BCUT2D eigenvalue weighted by atomic mass is 9.59. The average molecular weight is 476 g/mol. The summed E-state index contributed by atoms with van der Waals surface area (Å²) in [6.07, 6.45) is 5.39. The maximum absolute atomic E-state index is 13.7. The van der Waals surface area contributed by atoms with Crippen molar-refractivity contribution < 1.29 is 18.7 Å². The van der Waals surface area contributed by atoms with Crippen molar-refractivity contribution in [3.63, 3.8) is 0 Å². The highest BCUT2D eigenvalue weighted by molar-refractivity contribution is 6.73. The summed E-state index contributed by atoms with van der Waals surface area (Å²) in [5.41, 5.74) is 1.91. The van der Waals surface area contributed by atoms with Gasteiger partial charge < -0.3 is 13.9 Å². The van der Waals surface area contributed by atoms with Gasteiger partial charge in [-0.25, -0.2) is 0 Å². The first kappa shape index (κ1) is 28.0. The van der Waals surface area contributed by atoms with Crippen molar-refractivity contribution in [2.45, 2.75) is 110 Å². The molecule has 0 aromatic rings. The average Bonchev–Trinajstić information content (AvgIpc) is 3.17. The van der Waals surface area contributed by atoms with Gasteiger partial charge in [-0.2, -0.15) is 5.26 Å². The van der Waals surface area contributed by atoms with E-state index in [4.69, 9.17) is 13.9 Å². The molecule has 33 heavy (non-hydrogen) atoms. The van der Waals surface area contributed by atoms with Gasteiger partial charge in [-0.15, -0.1) is 6.58 Å². The molecule has 1 heterocycles. The molecule has 0 radical (unpaired) electrons. The van der Waals surface area contributed by atoms with Crippen LogP contribution >= 0.6 is 0 Å². The van der Waals surface area contributed by atoms with Crippen LogP contribution in [0.5, 0.6) is 0 Å². The van der Waals surface area contributed by atoms with Gasteiger partial charge in [0.2, 0.25) is 0 Å². The van der Waals surface area contributed by atoms with Gasteiger partial charge in [0.15, 0.2) is 14.1 Å². The highest BCUT2D eigenvalue weighted by atomic mass is 28.4. The first-order valence-corrected chi connectivity index (χ1v) is 15.3. The van der Waals surface area contributed by atoms with E-state index in [-0.39, 0.29) is 17.8 Å². The number of allylic oxidation sites excluding steroid dienone is 1. The Morgan fingerprint density at radius 3 is 2.48 bits per heavy atom. The standard InChI is InChI=1S/C27H45NO4Si/c1-8-12-14-25(29)27(16-13-18-28)17-15-22(24-20-30-26(6,7)32-24)21(5)23(27)19-31-33(9-2,10-3)11-4/h8,23-24H,1,9-17,19-20H2,2-7H3/t23-,24-,27-/m0/s1. The van der Waals surface area contributed by atoms with Crippen LogP contribution in [0.25, 0.3) is 0 Å². The van der Waals surface area contributed by atoms with Gasteiger partial charge in [-0.1, -0.05) is 32.4 Å². The second-order valence-electron chi connectivity index (χ2n) is 10.2. The zero-order valence-corrected chi connectivity index (χ0v) is 22.8. The van der Waals surface area contributed by atoms with Gasteiger partial charge in [0, 0.05) is 30.8 Å². The Morgan fingerprint density at radius 1 is 1.30 bits per heavy atom. The molecular formula is C27H45NO4Si. The Kier molecular flexibility index (Phi) is 10.1. The third kappa shape index (κ3) is 6.25. The zero-order valence-electron chi connectivity index (χ0n) is 21.8. The van der Waals surface area contributed by atoms with E-state index >= 15 is 0 Å². The molecule has 0 N–H and O–H groups in total. The lowest BCUT2D eigenvalue weighted by molar-refractivity contribution is -0.137. The minimum atomic E-state index is -1.83. The quantitative estimate of drug-likeness (QED) is 0.219. The summed E-state index contributed by atoms with van der Waals surface area (Å²) >= 11 is 0. The third-order valence-electron chi connectivity index (χ3n) is 8.24. The van der Waals surface area contributed by atoms with Crippen LogP contribution in [0.3, 0.4) is 0 Å². The van der Waals surface area contributed by atoms with Gasteiger partial charge in [0.1, 0.15) is 11.9 Å². The van der Waals surface area contributed by atoms with Crippen molar-refractivity contribution in [3.8, 4) is 6.07 Å². The van der Waals surface area contributed by atoms with Gasteiger partial charge >= 0.3 is 0 Å². The second kappa shape index (κ2) is 11.9. The molecule has 0 unspecified atom stereocenters. The number of rotatable bonds is 13. The van der Waals surface area contributed by atoms with Crippen LogP contribution in [-0.4, -0.2) is 39.2 Å². The van der Waals surface area contributed by atoms with Crippen molar-refractivity contribution in [2.75, 3.05) is 13.2 Å². The molecule has 0 saturated carbocycles. The number of nitriles is 1. The molecule has 3 atom stereocenters. The maximum Gasteiger partial charge on any atom is 0.192 e. The molecular weight excluding hydrogens is 430 g/mol. The van der Waals surface area contributed by atoms with E-state index in [9.17, 15) is 10.1 Å². The summed E-state index contributed by atoms with van der Waals surface area (Å²) in [6.45, 7) is 17.7. The monoisotopic (exact) mass is 475 g/mol.